The molecule has 0 N–H and O–H groups in total. The lowest BCUT2D eigenvalue weighted by Crippen LogP contribution is -2.11. The Bertz CT molecular complexity index is 440. The molecule has 0 heterocycles. The molecule has 0 aromatic heterocycles. The predicted octanol–water partition coefficient (Wildman–Crippen LogP) is 4.15. The zero-order valence-electron chi connectivity index (χ0n) is 12.1. The van der Waals surface area contributed by atoms with Gasteiger partial charge in [-0.1, -0.05) is 25.0 Å². The van der Waals surface area contributed by atoms with E-state index in [2.05, 4.69) is 13.0 Å². The summed E-state index contributed by atoms with van der Waals surface area (Å²) in [6.07, 6.45) is 9.74. The quantitative estimate of drug-likeness (QED) is 0.761. The molecule has 1 unspecified atom stereocenters. The van der Waals surface area contributed by atoms with Crippen molar-refractivity contribution in [3.05, 3.63) is 22.8 Å². The van der Waals surface area contributed by atoms with Crippen molar-refractivity contribution >= 4 is 11.6 Å². The second-order valence-electron chi connectivity index (χ2n) is 5.87. The van der Waals surface area contributed by atoms with Crippen molar-refractivity contribution in [2.75, 3.05) is 0 Å². The summed E-state index contributed by atoms with van der Waals surface area (Å²) in [5, 5.41) is 0. The van der Waals surface area contributed by atoms with Gasteiger partial charge in [-0.15, -0.1) is 0 Å². The maximum atomic E-state index is 11.9. The summed E-state index contributed by atoms with van der Waals surface area (Å²) in [5.74, 6) is 0.870. The van der Waals surface area contributed by atoms with Crippen LogP contribution in [0.25, 0.3) is 0 Å². The smallest absolute Gasteiger partial charge is 0.156 e. The normalized spacial score (nSPS) is 26.5. The van der Waals surface area contributed by atoms with Crippen LogP contribution in [0, 0.1) is 5.92 Å². The van der Waals surface area contributed by atoms with Gasteiger partial charge in [0, 0.05) is 12.8 Å². The molecule has 2 aliphatic carbocycles. The Morgan fingerprint density at radius 3 is 2.79 bits per heavy atom. The van der Waals surface area contributed by atoms with Crippen molar-refractivity contribution < 1.29 is 9.59 Å². The summed E-state index contributed by atoms with van der Waals surface area (Å²) in [7, 11) is 0. The third kappa shape index (κ3) is 3.43. The van der Waals surface area contributed by atoms with Gasteiger partial charge in [-0.25, -0.2) is 0 Å². The maximum absolute atomic E-state index is 11.9. The number of ketones is 2. The van der Waals surface area contributed by atoms with E-state index in [9.17, 15) is 9.59 Å². The largest absolute Gasteiger partial charge is 0.300 e. The molecule has 0 fully saturated rings. The number of carbonyl (C=O) groups excluding carboxylic acids is 2. The van der Waals surface area contributed by atoms with E-state index in [1.165, 1.54) is 24.0 Å². The Morgan fingerprint density at radius 1 is 1.32 bits per heavy atom. The Balaban J connectivity index is 2.31. The van der Waals surface area contributed by atoms with Crippen LogP contribution in [0.5, 0.6) is 0 Å². The number of unbranched alkanes of at least 4 members (excludes halogenated alkanes) is 1. The highest BCUT2D eigenvalue weighted by Gasteiger charge is 2.29. The molecular weight excluding hydrogens is 236 g/mol. The van der Waals surface area contributed by atoms with Gasteiger partial charge < -0.3 is 0 Å². The van der Waals surface area contributed by atoms with Crippen molar-refractivity contribution in [3.8, 4) is 0 Å². The lowest BCUT2D eigenvalue weighted by molar-refractivity contribution is -0.119. The molecule has 0 radical (unpaired) electrons. The number of fused-ring (bicyclic) bond motifs is 1. The van der Waals surface area contributed by atoms with E-state index in [4.69, 9.17) is 0 Å². The summed E-state index contributed by atoms with van der Waals surface area (Å²) in [5.41, 5.74) is 3.54. The van der Waals surface area contributed by atoms with E-state index >= 15 is 0 Å². The molecule has 2 rings (SSSR count). The minimum absolute atomic E-state index is 0.191. The van der Waals surface area contributed by atoms with E-state index in [1.54, 1.807) is 6.92 Å². The molecule has 0 spiro atoms. The fourth-order valence-electron chi connectivity index (χ4n) is 3.23. The number of rotatable bonds is 4. The Kier molecular flexibility index (Phi) is 4.73. The molecule has 0 saturated heterocycles. The summed E-state index contributed by atoms with van der Waals surface area (Å²) >= 11 is 0. The van der Waals surface area contributed by atoms with Gasteiger partial charge in [-0.3, -0.25) is 9.59 Å². The van der Waals surface area contributed by atoms with E-state index in [-0.39, 0.29) is 5.78 Å². The van der Waals surface area contributed by atoms with Gasteiger partial charge in [-0.2, -0.15) is 0 Å². The average Bonchev–Trinajstić information content (AvgIpc) is 2.73. The van der Waals surface area contributed by atoms with E-state index in [0.29, 0.717) is 24.5 Å². The Morgan fingerprint density at radius 2 is 2.11 bits per heavy atom. The zero-order chi connectivity index (χ0) is 13.8. The Labute approximate surface area is 116 Å². The molecule has 19 heavy (non-hydrogen) atoms. The molecule has 0 bridgehead atoms. The van der Waals surface area contributed by atoms with E-state index in [0.717, 1.165) is 31.3 Å². The number of Topliss-reactive ketones (excluding diaryl/α,β-unsaturated/α-hetero) is 2. The van der Waals surface area contributed by atoms with Crippen LogP contribution in [-0.4, -0.2) is 11.6 Å². The fourth-order valence-corrected chi connectivity index (χ4v) is 3.23. The van der Waals surface area contributed by atoms with Gasteiger partial charge in [0.25, 0.3) is 0 Å². The fraction of sp³-hybridized carbons (Fsp3) is 0.647. The van der Waals surface area contributed by atoms with Crippen molar-refractivity contribution in [1.82, 2.24) is 0 Å². The molecule has 2 heteroatoms. The number of allylic oxidation sites excluding steroid dienone is 4. The van der Waals surface area contributed by atoms with Gasteiger partial charge in [0.1, 0.15) is 5.78 Å². The molecule has 0 aromatic rings. The molecule has 0 saturated carbocycles. The third-order valence-corrected chi connectivity index (χ3v) is 4.37. The second kappa shape index (κ2) is 6.31. The van der Waals surface area contributed by atoms with Gasteiger partial charge >= 0.3 is 0 Å². The SMILES string of the molecule is CCCC/C1=C/C2=C(C(C)=O)CCC2CC(=O)CC1. The highest BCUT2D eigenvalue weighted by Crippen LogP contribution is 2.38. The zero-order valence-corrected chi connectivity index (χ0v) is 12.1. The molecule has 2 aliphatic rings. The molecular formula is C17H24O2. The first-order chi connectivity index (χ1) is 9.11. The van der Waals surface area contributed by atoms with Crippen molar-refractivity contribution in [2.45, 2.75) is 65.2 Å². The summed E-state index contributed by atoms with van der Waals surface area (Å²) in [6.45, 7) is 3.85. The van der Waals surface area contributed by atoms with E-state index < -0.39 is 0 Å². The maximum Gasteiger partial charge on any atom is 0.156 e. The van der Waals surface area contributed by atoms with Gasteiger partial charge in [0.05, 0.1) is 0 Å². The summed E-state index contributed by atoms with van der Waals surface area (Å²) in [6, 6.07) is 0. The minimum Gasteiger partial charge on any atom is -0.300 e. The lowest BCUT2D eigenvalue weighted by Gasteiger charge is -2.18. The topological polar surface area (TPSA) is 34.1 Å². The van der Waals surface area contributed by atoms with Crippen LogP contribution in [0.2, 0.25) is 0 Å². The summed E-state index contributed by atoms with van der Waals surface area (Å²) < 4.78 is 0. The van der Waals surface area contributed by atoms with Crippen LogP contribution in [0.15, 0.2) is 22.8 Å². The van der Waals surface area contributed by atoms with Gasteiger partial charge in [-0.05, 0) is 56.1 Å². The lowest BCUT2D eigenvalue weighted by atomic mass is 9.86. The molecule has 0 aliphatic heterocycles. The van der Waals surface area contributed by atoms with Crippen LogP contribution >= 0.6 is 0 Å². The van der Waals surface area contributed by atoms with E-state index in [1.807, 2.05) is 0 Å². The van der Waals surface area contributed by atoms with Crippen LogP contribution in [-0.2, 0) is 9.59 Å². The number of hydrogen-bond donors (Lipinski definition) is 0. The molecule has 2 nitrogen and oxygen atoms in total. The van der Waals surface area contributed by atoms with Crippen molar-refractivity contribution in [2.24, 2.45) is 5.92 Å². The third-order valence-electron chi connectivity index (χ3n) is 4.37. The standard InChI is InChI=1S/C17H24O2/c1-3-4-5-13-6-8-15(19)11-14-7-9-16(12(2)18)17(14)10-13/h10,14H,3-9,11H2,1-2H3/b13-10-. The first-order valence-corrected chi connectivity index (χ1v) is 7.57. The minimum atomic E-state index is 0.191. The predicted molar refractivity (Wildman–Crippen MR) is 76.9 cm³/mol. The first kappa shape index (κ1) is 14.2. The number of hydrogen-bond acceptors (Lipinski definition) is 2. The molecule has 0 amide bonds. The first-order valence-electron chi connectivity index (χ1n) is 7.57. The van der Waals surface area contributed by atoms with Gasteiger partial charge in [0.2, 0.25) is 0 Å². The van der Waals surface area contributed by atoms with Crippen molar-refractivity contribution in [3.63, 3.8) is 0 Å². The number of carbonyl (C=O) groups is 2. The highest BCUT2D eigenvalue weighted by atomic mass is 16.1. The monoisotopic (exact) mass is 260 g/mol. The van der Waals surface area contributed by atoms with Crippen LogP contribution in [0.3, 0.4) is 0 Å². The molecule has 0 aromatic carbocycles. The molecule has 1 atom stereocenters. The summed E-state index contributed by atoms with van der Waals surface area (Å²) in [4.78, 5) is 23.7. The van der Waals surface area contributed by atoms with Gasteiger partial charge in [0.15, 0.2) is 5.78 Å². The second-order valence-corrected chi connectivity index (χ2v) is 5.87. The van der Waals surface area contributed by atoms with Crippen LogP contribution in [0.1, 0.15) is 65.2 Å². The van der Waals surface area contributed by atoms with Crippen LogP contribution in [0.4, 0.5) is 0 Å². The van der Waals surface area contributed by atoms with Crippen LogP contribution < -0.4 is 0 Å². The average molecular weight is 260 g/mol. The highest BCUT2D eigenvalue weighted by molar-refractivity contribution is 5.95. The molecule has 104 valence electrons. The Hall–Kier alpha value is -1.18. The van der Waals surface area contributed by atoms with Crippen molar-refractivity contribution in [1.29, 1.82) is 0 Å².